The normalized spacial score (nSPS) is 11.7. The summed E-state index contributed by atoms with van der Waals surface area (Å²) in [6, 6.07) is 19.1. The minimum atomic E-state index is -0.781. The van der Waals surface area contributed by atoms with Gasteiger partial charge in [0.15, 0.2) is 0 Å². The van der Waals surface area contributed by atoms with E-state index in [9.17, 15) is 9.59 Å². The molecule has 0 radical (unpaired) electrons. The van der Waals surface area contributed by atoms with Crippen molar-refractivity contribution in [1.29, 1.82) is 0 Å². The number of carbonyl (C=O) groups excluding carboxylic acids is 1. The summed E-state index contributed by atoms with van der Waals surface area (Å²) < 4.78 is 0. The summed E-state index contributed by atoms with van der Waals surface area (Å²) in [6.45, 7) is 13.6. The van der Waals surface area contributed by atoms with Crippen LogP contribution in [0.2, 0.25) is 0 Å². The molecule has 0 fully saturated rings. The third-order valence-corrected chi connectivity index (χ3v) is 5.88. The molecule has 0 spiro atoms. The van der Waals surface area contributed by atoms with Gasteiger partial charge in [-0.1, -0.05) is 81.9 Å². The fraction of sp³-hybridized carbons (Fsp3) is 0.548. The molecule has 7 nitrogen and oxygen atoms in total. The zero-order valence-electron chi connectivity index (χ0n) is 23.8. The molecule has 0 unspecified atom stereocenters. The number of hydrogen-bond donors (Lipinski definition) is 3. The number of aliphatic carboxylic acids is 1. The molecule has 0 bridgehead atoms. The van der Waals surface area contributed by atoms with Crippen LogP contribution in [-0.4, -0.2) is 80.1 Å². The Hall–Kier alpha value is -2.74. The Balaban J connectivity index is -0.000000531. The molecule has 0 saturated carbocycles. The van der Waals surface area contributed by atoms with Crippen molar-refractivity contribution in [3.05, 3.63) is 71.8 Å². The first-order chi connectivity index (χ1) is 17.7. The number of carbonyl (C=O) groups is 2. The van der Waals surface area contributed by atoms with E-state index < -0.39 is 11.9 Å². The number of benzene rings is 2. The van der Waals surface area contributed by atoms with E-state index in [1.807, 2.05) is 67.6 Å². The van der Waals surface area contributed by atoms with Gasteiger partial charge in [0.05, 0.1) is 11.8 Å². The third-order valence-electron chi connectivity index (χ3n) is 5.88. The van der Waals surface area contributed by atoms with E-state index in [1.54, 1.807) is 6.92 Å². The number of carboxylic acids is 1. The second kappa shape index (κ2) is 23.4. The van der Waals surface area contributed by atoms with E-state index in [0.29, 0.717) is 6.54 Å². The highest BCUT2D eigenvalue weighted by Crippen LogP contribution is 2.14. The summed E-state index contributed by atoms with van der Waals surface area (Å²) in [5.41, 5.74) is 7.23. The van der Waals surface area contributed by atoms with E-state index in [2.05, 4.69) is 43.1 Å². The van der Waals surface area contributed by atoms with E-state index in [1.165, 1.54) is 6.42 Å². The van der Waals surface area contributed by atoms with Crippen molar-refractivity contribution in [2.75, 3.05) is 53.4 Å². The number of likely N-dealkylation sites (N-methyl/N-ethyl adjacent to an activating group) is 2. The van der Waals surface area contributed by atoms with Crippen LogP contribution in [0.5, 0.6) is 0 Å². The predicted molar refractivity (Wildman–Crippen MR) is 164 cm³/mol. The molecule has 4 N–H and O–H groups in total. The van der Waals surface area contributed by atoms with Crippen LogP contribution in [0, 0.1) is 0 Å². The summed E-state index contributed by atoms with van der Waals surface area (Å²) in [6.07, 6.45) is 2.36. The van der Waals surface area contributed by atoms with E-state index in [0.717, 1.165) is 50.3 Å². The van der Waals surface area contributed by atoms with Crippen molar-refractivity contribution >= 4 is 11.9 Å². The number of hydrogen-bond acceptors (Lipinski definition) is 5. The van der Waals surface area contributed by atoms with E-state index in [4.69, 9.17) is 10.8 Å². The average Bonchev–Trinajstić information content (AvgIpc) is 2.90. The van der Waals surface area contributed by atoms with Gasteiger partial charge in [0.1, 0.15) is 0 Å². The van der Waals surface area contributed by atoms with Crippen molar-refractivity contribution in [3.8, 4) is 0 Å². The Bertz CT molecular complexity index is 834. The van der Waals surface area contributed by atoms with Gasteiger partial charge in [-0.25, -0.2) is 0 Å². The standard InChI is InChI=1S/C15H24N2O.C9H10O2.C6H16N2.CH4.H2/c1-4-11-17(3)12-10-16-15(18)13(2)14-8-6-5-7-9-14;1-7(9(10)11)8-5-3-2-4-6-8;1-3-5-8(2)6-4-7;;/h5-9,13H,4,10-12H2,1-3H3,(H,16,18);2-7H,1H3,(H,10,11);3-7H2,1-2H3;1H4;1H/t13-;7-;;;/m00.../s1. The lowest BCUT2D eigenvalue weighted by atomic mass is 10.0. The zero-order chi connectivity index (χ0) is 28.1. The minimum Gasteiger partial charge on any atom is -0.481 e. The largest absolute Gasteiger partial charge is 0.481 e. The topological polar surface area (TPSA) is 98.9 Å². The third kappa shape index (κ3) is 17.7. The summed E-state index contributed by atoms with van der Waals surface area (Å²) in [5, 5.41) is 11.6. The molecule has 7 heteroatoms. The number of rotatable bonds is 13. The van der Waals surface area contributed by atoms with Crippen LogP contribution >= 0.6 is 0 Å². The van der Waals surface area contributed by atoms with Gasteiger partial charge in [0, 0.05) is 27.6 Å². The van der Waals surface area contributed by atoms with Crippen molar-refractivity contribution in [3.63, 3.8) is 0 Å². The molecule has 0 aromatic heterocycles. The first-order valence-electron chi connectivity index (χ1n) is 13.3. The molecule has 38 heavy (non-hydrogen) atoms. The van der Waals surface area contributed by atoms with Gasteiger partial charge < -0.3 is 26.0 Å². The Morgan fingerprint density at radius 1 is 0.816 bits per heavy atom. The molecule has 2 aromatic carbocycles. The van der Waals surface area contributed by atoms with Gasteiger partial charge in [-0.2, -0.15) is 0 Å². The van der Waals surface area contributed by atoms with Crippen molar-refractivity contribution in [2.45, 2.75) is 59.8 Å². The smallest absolute Gasteiger partial charge is 0.310 e. The second-order valence-corrected chi connectivity index (χ2v) is 9.29. The molecule has 0 aliphatic carbocycles. The van der Waals surface area contributed by atoms with Crippen molar-refractivity contribution in [2.24, 2.45) is 5.73 Å². The van der Waals surface area contributed by atoms with Gasteiger partial charge in [0.2, 0.25) is 5.91 Å². The number of amides is 1. The first-order valence-corrected chi connectivity index (χ1v) is 13.3. The first kappa shape index (κ1) is 37.4. The molecule has 0 heterocycles. The monoisotopic (exact) mass is 532 g/mol. The Morgan fingerprint density at radius 3 is 1.63 bits per heavy atom. The minimum absolute atomic E-state index is 0. The molecule has 218 valence electrons. The maximum Gasteiger partial charge on any atom is 0.310 e. The highest BCUT2D eigenvalue weighted by molar-refractivity contribution is 5.83. The molecular formula is C31H56N4O3. The molecule has 0 saturated heterocycles. The molecular weight excluding hydrogens is 476 g/mol. The van der Waals surface area contributed by atoms with Gasteiger partial charge in [-0.05, 0) is 65.0 Å². The fourth-order valence-electron chi connectivity index (χ4n) is 3.51. The maximum absolute atomic E-state index is 12.0. The van der Waals surface area contributed by atoms with Crippen molar-refractivity contribution in [1.82, 2.24) is 15.1 Å². The number of nitrogens with zero attached hydrogens (tertiary/aromatic N) is 2. The van der Waals surface area contributed by atoms with Crippen LogP contribution in [0.4, 0.5) is 0 Å². The average molecular weight is 533 g/mol. The van der Waals surface area contributed by atoms with Crippen LogP contribution in [0.25, 0.3) is 0 Å². The summed E-state index contributed by atoms with van der Waals surface area (Å²) in [5.74, 6) is -1.17. The van der Waals surface area contributed by atoms with Crippen LogP contribution < -0.4 is 11.1 Å². The number of carboxylic acid groups (broad SMARTS) is 1. The van der Waals surface area contributed by atoms with Crippen molar-refractivity contribution < 1.29 is 16.1 Å². The summed E-state index contributed by atoms with van der Waals surface area (Å²) >= 11 is 0. The second-order valence-electron chi connectivity index (χ2n) is 9.29. The number of nitrogens with one attached hydrogen (secondary N) is 1. The quantitative estimate of drug-likeness (QED) is 0.324. The fourth-order valence-corrected chi connectivity index (χ4v) is 3.51. The lowest BCUT2D eigenvalue weighted by molar-refractivity contribution is -0.138. The van der Waals surface area contributed by atoms with E-state index >= 15 is 0 Å². The molecule has 0 aliphatic heterocycles. The van der Waals surface area contributed by atoms with Gasteiger partial charge in [0.25, 0.3) is 0 Å². The zero-order valence-corrected chi connectivity index (χ0v) is 23.8. The highest BCUT2D eigenvalue weighted by Gasteiger charge is 2.14. The van der Waals surface area contributed by atoms with Gasteiger partial charge >= 0.3 is 5.97 Å². The van der Waals surface area contributed by atoms with Crippen LogP contribution in [0.3, 0.4) is 0 Å². The van der Waals surface area contributed by atoms with Gasteiger partial charge in [-0.3, -0.25) is 9.59 Å². The van der Waals surface area contributed by atoms with Gasteiger partial charge in [-0.15, -0.1) is 0 Å². The molecule has 2 aromatic rings. The Kier molecular flexibility index (Phi) is 23.0. The summed E-state index contributed by atoms with van der Waals surface area (Å²) in [4.78, 5) is 26.9. The Morgan fingerprint density at radius 2 is 1.24 bits per heavy atom. The summed E-state index contributed by atoms with van der Waals surface area (Å²) in [7, 11) is 4.17. The van der Waals surface area contributed by atoms with E-state index in [-0.39, 0.29) is 20.7 Å². The van der Waals surface area contributed by atoms with Crippen LogP contribution in [0.15, 0.2) is 60.7 Å². The molecule has 1 amide bonds. The van der Waals surface area contributed by atoms with Crippen LogP contribution in [0.1, 0.15) is 72.4 Å². The lowest BCUT2D eigenvalue weighted by Crippen LogP contribution is -2.35. The lowest BCUT2D eigenvalue weighted by Gasteiger charge is -2.17. The highest BCUT2D eigenvalue weighted by atomic mass is 16.4. The molecule has 2 atom stereocenters. The molecule has 2 rings (SSSR count). The predicted octanol–water partition coefficient (Wildman–Crippen LogP) is 5.29. The number of nitrogens with two attached hydrogens (primary N) is 1. The Labute approximate surface area is 233 Å². The maximum atomic E-state index is 12.0. The SMILES string of the molecule is C.CCCN(C)CCN.CCCN(C)CCNC(=O)[C@@H](C)c1ccccc1.C[C@H](C(=O)O)c1ccccc1.[HH]. The molecule has 0 aliphatic rings. The van der Waals surface area contributed by atoms with Crippen LogP contribution in [-0.2, 0) is 9.59 Å².